The molecule has 1 aliphatic rings. The average Bonchev–Trinajstić information content (AvgIpc) is 2.62. The first-order valence-electron chi connectivity index (χ1n) is 8.32. The van der Waals surface area contributed by atoms with Crippen LogP contribution in [0.25, 0.3) is 0 Å². The summed E-state index contributed by atoms with van der Waals surface area (Å²) in [6, 6.07) is 5.85. The van der Waals surface area contributed by atoms with Crippen molar-refractivity contribution in [2.24, 2.45) is 0 Å². The maximum atomic E-state index is 11.6. The molecule has 0 atom stereocenters. The van der Waals surface area contributed by atoms with Gasteiger partial charge in [0.05, 0.1) is 9.85 Å². The molecule has 1 aliphatic carbocycles. The van der Waals surface area contributed by atoms with Crippen molar-refractivity contribution < 1.29 is 9.85 Å². The molecule has 0 unspecified atom stereocenters. The lowest BCUT2D eigenvalue weighted by Crippen LogP contribution is -2.23. The van der Waals surface area contributed by atoms with Crippen LogP contribution in [0.5, 0.6) is 0 Å². The van der Waals surface area contributed by atoms with E-state index in [0.29, 0.717) is 5.69 Å². The van der Waals surface area contributed by atoms with Crippen LogP contribution in [0.1, 0.15) is 32.1 Å². The highest BCUT2D eigenvalue weighted by Crippen LogP contribution is 2.33. The Bertz CT molecular complexity index is 822. The minimum absolute atomic E-state index is 0.0104. The molecule has 0 amide bonds. The van der Waals surface area contributed by atoms with Gasteiger partial charge in [-0.15, -0.1) is 0 Å². The van der Waals surface area contributed by atoms with Crippen molar-refractivity contribution in [3.05, 3.63) is 50.8 Å². The van der Waals surface area contributed by atoms with E-state index < -0.39 is 9.85 Å². The second-order valence-corrected chi connectivity index (χ2v) is 6.09. The molecule has 26 heavy (non-hydrogen) atoms. The number of nitro benzene ring substituents is 1. The Kier molecular flexibility index (Phi) is 5.20. The second-order valence-electron chi connectivity index (χ2n) is 6.09. The molecule has 0 radical (unpaired) electrons. The summed E-state index contributed by atoms with van der Waals surface area (Å²) in [5, 5.41) is 28.4. The van der Waals surface area contributed by atoms with Crippen LogP contribution in [0, 0.1) is 20.2 Å². The van der Waals surface area contributed by atoms with Crippen LogP contribution in [-0.2, 0) is 0 Å². The second kappa shape index (κ2) is 7.72. The van der Waals surface area contributed by atoms with Crippen LogP contribution in [0.3, 0.4) is 0 Å². The summed E-state index contributed by atoms with van der Waals surface area (Å²) in [5.41, 5.74) is -0.0542. The normalized spacial score (nSPS) is 14.6. The fourth-order valence-electron chi connectivity index (χ4n) is 3.02. The Labute approximate surface area is 149 Å². The predicted molar refractivity (Wildman–Crippen MR) is 95.6 cm³/mol. The van der Waals surface area contributed by atoms with Gasteiger partial charge in [-0.25, -0.2) is 9.97 Å². The van der Waals surface area contributed by atoms with E-state index >= 15 is 0 Å². The number of non-ortho nitro benzene ring substituents is 1. The summed E-state index contributed by atoms with van der Waals surface area (Å²) in [6.45, 7) is 0. The largest absolute Gasteiger partial charge is 0.361 e. The first-order valence-corrected chi connectivity index (χ1v) is 8.32. The maximum Gasteiger partial charge on any atom is 0.353 e. The van der Waals surface area contributed by atoms with Crippen molar-refractivity contribution in [3.63, 3.8) is 0 Å². The van der Waals surface area contributed by atoms with Gasteiger partial charge in [0.2, 0.25) is 11.6 Å². The Morgan fingerprint density at radius 2 is 1.73 bits per heavy atom. The van der Waals surface area contributed by atoms with E-state index in [1.165, 1.54) is 30.9 Å². The molecule has 1 aromatic carbocycles. The van der Waals surface area contributed by atoms with Crippen LogP contribution in [0.2, 0.25) is 0 Å². The Hall–Kier alpha value is -3.30. The van der Waals surface area contributed by atoms with Crippen molar-refractivity contribution >= 4 is 28.7 Å². The zero-order chi connectivity index (χ0) is 18.5. The van der Waals surface area contributed by atoms with Gasteiger partial charge in [-0.1, -0.05) is 25.3 Å². The lowest BCUT2D eigenvalue weighted by atomic mass is 9.95. The van der Waals surface area contributed by atoms with Gasteiger partial charge in [0.25, 0.3) is 5.69 Å². The number of benzene rings is 1. The summed E-state index contributed by atoms with van der Waals surface area (Å²) in [7, 11) is 0. The molecule has 0 saturated heterocycles. The third kappa shape index (κ3) is 4.02. The highest BCUT2D eigenvalue weighted by molar-refractivity contribution is 5.74. The number of hydrogen-bond acceptors (Lipinski definition) is 8. The maximum absolute atomic E-state index is 11.6. The predicted octanol–water partition coefficient (Wildman–Crippen LogP) is 3.78. The highest BCUT2D eigenvalue weighted by atomic mass is 16.6. The average molecular weight is 358 g/mol. The van der Waals surface area contributed by atoms with Crippen LogP contribution >= 0.6 is 0 Å². The fraction of sp³-hybridized carbons (Fsp3) is 0.375. The zero-order valence-corrected chi connectivity index (χ0v) is 13.9. The number of nitro groups is 2. The van der Waals surface area contributed by atoms with E-state index in [1.807, 2.05) is 0 Å². The molecule has 3 rings (SSSR count). The van der Waals surface area contributed by atoms with E-state index in [2.05, 4.69) is 20.6 Å². The van der Waals surface area contributed by atoms with E-state index in [4.69, 9.17) is 0 Å². The van der Waals surface area contributed by atoms with Gasteiger partial charge in [-0.3, -0.25) is 20.2 Å². The first-order chi connectivity index (χ1) is 12.5. The monoisotopic (exact) mass is 358 g/mol. The molecule has 1 aromatic heterocycles. The number of hydrogen-bond donors (Lipinski definition) is 2. The topological polar surface area (TPSA) is 136 Å². The molecule has 0 aliphatic heterocycles. The highest BCUT2D eigenvalue weighted by Gasteiger charge is 2.26. The van der Waals surface area contributed by atoms with Crippen molar-refractivity contribution in [1.29, 1.82) is 0 Å². The fourth-order valence-corrected chi connectivity index (χ4v) is 3.02. The Morgan fingerprint density at radius 3 is 2.42 bits per heavy atom. The van der Waals surface area contributed by atoms with Gasteiger partial charge < -0.3 is 10.6 Å². The molecule has 1 fully saturated rings. The Balaban J connectivity index is 1.89. The van der Waals surface area contributed by atoms with Crippen LogP contribution in [0.15, 0.2) is 30.6 Å². The summed E-state index contributed by atoms with van der Waals surface area (Å²) in [4.78, 5) is 29.4. The van der Waals surface area contributed by atoms with Gasteiger partial charge in [-0.2, -0.15) is 0 Å². The molecular weight excluding hydrogens is 340 g/mol. The van der Waals surface area contributed by atoms with Gasteiger partial charge >= 0.3 is 5.69 Å². The minimum atomic E-state index is -0.551. The summed E-state index contributed by atoms with van der Waals surface area (Å²) in [5.74, 6) is 0.147. The van der Waals surface area contributed by atoms with E-state index in [9.17, 15) is 20.2 Å². The molecule has 1 heterocycles. The summed E-state index contributed by atoms with van der Waals surface area (Å²) >= 11 is 0. The van der Waals surface area contributed by atoms with Crippen LogP contribution < -0.4 is 10.6 Å². The van der Waals surface area contributed by atoms with E-state index in [0.717, 1.165) is 25.7 Å². The molecular formula is C16H18N6O4. The van der Waals surface area contributed by atoms with Crippen molar-refractivity contribution in [1.82, 2.24) is 9.97 Å². The van der Waals surface area contributed by atoms with Crippen molar-refractivity contribution in [2.75, 3.05) is 10.6 Å². The number of nitrogens with one attached hydrogen (secondary N) is 2. The number of anilines is 3. The summed E-state index contributed by atoms with van der Waals surface area (Å²) in [6.07, 6.45) is 6.44. The molecule has 2 N–H and O–H groups in total. The van der Waals surface area contributed by atoms with Gasteiger partial charge in [0.15, 0.2) is 0 Å². The molecule has 0 bridgehead atoms. The van der Waals surface area contributed by atoms with E-state index in [1.54, 1.807) is 6.07 Å². The zero-order valence-electron chi connectivity index (χ0n) is 13.9. The molecule has 1 saturated carbocycles. The lowest BCUT2D eigenvalue weighted by molar-refractivity contribution is -0.384. The SMILES string of the molecule is O=[N+]([O-])c1cccc(Nc2ncnc(NC3CCCCC3)c2[N+](=O)[O-])c1. The minimum Gasteiger partial charge on any atom is -0.361 e. The standard InChI is InChI=1S/C16H18N6O4/c23-21(24)13-8-4-7-12(9-13)20-16-14(22(25)26)15(17-10-18-16)19-11-5-2-1-3-6-11/h4,7-11H,1-3,5-6H2,(H2,17,18,19,20). The number of rotatable bonds is 6. The van der Waals surface area contributed by atoms with Crippen molar-refractivity contribution in [2.45, 2.75) is 38.1 Å². The third-order valence-corrected chi connectivity index (χ3v) is 4.27. The van der Waals surface area contributed by atoms with Gasteiger partial charge in [0, 0.05) is 23.9 Å². The molecule has 2 aromatic rings. The quantitative estimate of drug-likeness (QED) is 0.588. The summed E-state index contributed by atoms with van der Waals surface area (Å²) < 4.78 is 0. The van der Waals surface area contributed by atoms with Crippen LogP contribution in [0.4, 0.5) is 28.7 Å². The van der Waals surface area contributed by atoms with Gasteiger partial charge in [0.1, 0.15) is 6.33 Å². The number of aromatic nitrogens is 2. The third-order valence-electron chi connectivity index (χ3n) is 4.27. The van der Waals surface area contributed by atoms with Crippen molar-refractivity contribution in [3.8, 4) is 0 Å². The smallest absolute Gasteiger partial charge is 0.353 e. The lowest BCUT2D eigenvalue weighted by Gasteiger charge is -2.23. The molecule has 10 heteroatoms. The number of nitrogens with zero attached hydrogens (tertiary/aromatic N) is 4. The molecule has 136 valence electrons. The van der Waals surface area contributed by atoms with E-state index in [-0.39, 0.29) is 29.1 Å². The van der Waals surface area contributed by atoms with Crippen LogP contribution in [-0.4, -0.2) is 25.9 Å². The Morgan fingerprint density at radius 1 is 1.00 bits per heavy atom. The first kappa shape index (κ1) is 17.5. The van der Waals surface area contributed by atoms with Gasteiger partial charge in [-0.05, 0) is 18.9 Å². The molecule has 0 spiro atoms. The molecule has 10 nitrogen and oxygen atoms in total.